The molecular weight excluding hydrogens is 296 g/mol. The highest BCUT2D eigenvalue weighted by atomic mass is 16.3. The molecule has 1 unspecified atom stereocenters. The Morgan fingerprint density at radius 3 is 1.75 bits per heavy atom. The summed E-state index contributed by atoms with van der Waals surface area (Å²) in [6, 6.07) is 4.88. The van der Waals surface area contributed by atoms with Gasteiger partial charge < -0.3 is 10.2 Å². The van der Waals surface area contributed by atoms with E-state index in [1.165, 1.54) is 63.9 Å². The highest BCUT2D eigenvalue weighted by Crippen LogP contribution is 2.23. The van der Waals surface area contributed by atoms with Gasteiger partial charge in [0.2, 0.25) is 0 Å². The molecule has 0 heterocycles. The molecule has 0 amide bonds. The monoisotopic (exact) mass is 334 g/mol. The second kappa shape index (κ2) is 12.2. The minimum absolute atomic E-state index is 0.160. The van der Waals surface area contributed by atoms with Gasteiger partial charge >= 0.3 is 0 Å². The van der Waals surface area contributed by atoms with E-state index in [1.54, 1.807) is 12.1 Å². The Bertz CT molecular complexity index is 419. The number of hydrogen-bond acceptors (Lipinski definition) is 2. The molecule has 0 saturated carbocycles. The van der Waals surface area contributed by atoms with Gasteiger partial charge in [-0.2, -0.15) is 0 Å². The smallest absolute Gasteiger partial charge is 0.119 e. The second-order valence-corrected chi connectivity index (χ2v) is 7.64. The zero-order valence-corrected chi connectivity index (χ0v) is 16.1. The van der Waals surface area contributed by atoms with E-state index in [0.29, 0.717) is 0 Å². The van der Waals surface area contributed by atoms with Crippen molar-refractivity contribution in [1.29, 1.82) is 0 Å². The van der Waals surface area contributed by atoms with Gasteiger partial charge in [-0.05, 0) is 42.4 Å². The average molecular weight is 335 g/mol. The van der Waals surface area contributed by atoms with Crippen molar-refractivity contribution >= 4 is 0 Å². The predicted octanol–water partition coefficient (Wildman–Crippen LogP) is 6.83. The van der Waals surface area contributed by atoms with E-state index in [0.717, 1.165) is 30.2 Å². The first kappa shape index (κ1) is 20.9. The molecule has 0 bridgehead atoms. The molecule has 1 rings (SSSR count). The number of aryl methyl sites for hydroxylation is 1. The third-order valence-corrected chi connectivity index (χ3v) is 5.22. The molecule has 0 radical (unpaired) electrons. The lowest BCUT2D eigenvalue weighted by Crippen LogP contribution is -2.06. The summed E-state index contributed by atoms with van der Waals surface area (Å²) < 4.78 is 0. The normalized spacial score (nSPS) is 12.7. The van der Waals surface area contributed by atoms with Crippen molar-refractivity contribution in [2.24, 2.45) is 11.8 Å². The Balaban J connectivity index is 1.95. The number of unbranched alkanes of at least 4 members (excludes halogenated alkanes) is 7. The van der Waals surface area contributed by atoms with E-state index in [2.05, 4.69) is 20.8 Å². The van der Waals surface area contributed by atoms with Gasteiger partial charge in [0.1, 0.15) is 11.5 Å². The Labute approximate surface area is 149 Å². The molecule has 24 heavy (non-hydrogen) atoms. The molecule has 1 aromatic rings. The summed E-state index contributed by atoms with van der Waals surface area (Å²) >= 11 is 0. The molecule has 0 fully saturated rings. The van der Waals surface area contributed by atoms with Gasteiger partial charge in [0, 0.05) is 6.07 Å². The molecule has 0 aliphatic heterocycles. The number of aromatic hydroxyl groups is 2. The van der Waals surface area contributed by atoms with Crippen molar-refractivity contribution in [2.75, 3.05) is 0 Å². The fourth-order valence-electron chi connectivity index (χ4n) is 3.61. The fourth-order valence-corrected chi connectivity index (χ4v) is 3.61. The van der Waals surface area contributed by atoms with Crippen LogP contribution in [-0.4, -0.2) is 10.2 Å². The molecule has 138 valence electrons. The number of benzene rings is 1. The van der Waals surface area contributed by atoms with Gasteiger partial charge in [0.15, 0.2) is 0 Å². The average Bonchev–Trinajstić information content (AvgIpc) is 2.51. The van der Waals surface area contributed by atoms with Crippen LogP contribution in [0.2, 0.25) is 0 Å². The minimum Gasteiger partial charge on any atom is -0.508 e. The largest absolute Gasteiger partial charge is 0.508 e. The second-order valence-electron chi connectivity index (χ2n) is 7.64. The van der Waals surface area contributed by atoms with Crippen LogP contribution in [0.5, 0.6) is 11.5 Å². The van der Waals surface area contributed by atoms with E-state index in [-0.39, 0.29) is 11.5 Å². The Morgan fingerprint density at radius 1 is 0.750 bits per heavy atom. The zero-order valence-electron chi connectivity index (χ0n) is 16.1. The van der Waals surface area contributed by atoms with E-state index in [9.17, 15) is 10.2 Å². The maximum absolute atomic E-state index is 9.46. The highest BCUT2D eigenvalue weighted by Gasteiger charge is 2.09. The first-order chi connectivity index (χ1) is 11.5. The van der Waals surface area contributed by atoms with Crippen LogP contribution in [-0.2, 0) is 6.42 Å². The summed E-state index contributed by atoms with van der Waals surface area (Å²) in [7, 11) is 0. The Morgan fingerprint density at radius 2 is 1.25 bits per heavy atom. The van der Waals surface area contributed by atoms with Gasteiger partial charge in [0.25, 0.3) is 0 Å². The van der Waals surface area contributed by atoms with Gasteiger partial charge in [-0.25, -0.2) is 0 Å². The number of phenols is 2. The summed E-state index contributed by atoms with van der Waals surface area (Å²) in [6.45, 7) is 7.03. The number of phenolic OH excluding ortho intramolecular Hbond substituents is 2. The van der Waals surface area contributed by atoms with Crippen LogP contribution in [0.3, 0.4) is 0 Å². The van der Waals surface area contributed by atoms with Crippen molar-refractivity contribution < 1.29 is 10.2 Å². The SMILES string of the molecule is CCC(CCCCCCCCCCc1cc(O)cc(O)c1)C(C)C. The van der Waals surface area contributed by atoms with Crippen molar-refractivity contribution in [2.45, 2.75) is 91.4 Å². The maximum atomic E-state index is 9.46. The molecule has 2 N–H and O–H groups in total. The third-order valence-electron chi connectivity index (χ3n) is 5.22. The van der Waals surface area contributed by atoms with Gasteiger partial charge in [0.05, 0.1) is 0 Å². The third kappa shape index (κ3) is 9.20. The van der Waals surface area contributed by atoms with Crippen molar-refractivity contribution in [3.8, 4) is 11.5 Å². The molecule has 0 aliphatic rings. The zero-order chi connectivity index (χ0) is 17.8. The number of hydrogen-bond donors (Lipinski definition) is 2. The highest BCUT2D eigenvalue weighted by molar-refractivity contribution is 5.36. The van der Waals surface area contributed by atoms with Gasteiger partial charge in [-0.1, -0.05) is 78.6 Å². The minimum atomic E-state index is 0.160. The van der Waals surface area contributed by atoms with Crippen LogP contribution in [0.15, 0.2) is 18.2 Å². The quantitative estimate of drug-likeness (QED) is 0.388. The standard InChI is InChI=1S/C22H38O2/c1-4-20(18(2)3)14-12-10-8-6-5-7-9-11-13-19-15-21(23)17-22(24)16-19/h15-18,20,23-24H,4-14H2,1-3H3. The molecule has 1 atom stereocenters. The van der Waals surface area contributed by atoms with E-state index in [1.807, 2.05) is 0 Å². The summed E-state index contributed by atoms with van der Waals surface area (Å²) in [5, 5.41) is 18.9. The lowest BCUT2D eigenvalue weighted by atomic mass is 9.88. The van der Waals surface area contributed by atoms with E-state index < -0.39 is 0 Å². The molecule has 2 nitrogen and oxygen atoms in total. The first-order valence-electron chi connectivity index (χ1n) is 10.0. The molecule has 0 spiro atoms. The van der Waals surface area contributed by atoms with E-state index >= 15 is 0 Å². The summed E-state index contributed by atoms with van der Waals surface area (Å²) in [4.78, 5) is 0. The summed E-state index contributed by atoms with van der Waals surface area (Å²) in [6.07, 6.45) is 14.2. The molecule has 0 aliphatic carbocycles. The lowest BCUT2D eigenvalue weighted by molar-refractivity contribution is 0.335. The van der Waals surface area contributed by atoms with E-state index in [4.69, 9.17) is 0 Å². The van der Waals surface area contributed by atoms with Gasteiger partial charge in [-0.3, -0.25) is 0 Å². The van der Waals surface area contributed by atoms with Crippen LogP contribution < -0.4 is 0 Å². The topological polar surface area (TPSA) is 40.5 Å². The Hall–Kier alpha value is -1.18. The van der Waals surface area contributed by atoms with Crippen LogP contribution in [0.25, 0.3) is 0 Å². The van der Waals surface area contributed by atoms with Gasteiger partial charge in [-0.15, -0.1) is 0 Å². The summed E-state index contributed by atoms with van der Waals surface area (Å²) in [5.74, 6) is 2.07. The first-order valence-corrected chi connectivity index (χ1v) is 10.0. The molecular formula is C22H38O2. The number of rotatable bonds is 13. The van der Waals surface area contributed by atoms with Crippen molar-refractivity contribution in [1.82, 2.24) is 0 Å². The molecule has 1 aromatic carbocycles. The Kier molecular flexibility index (Phi) is 10.6. The van der Waals surface area contributed by atoms with Crippen molar-refractivity contribution in [3.05, 3.63) is 23.8 Å². The maximum Gasteiger partial charge on any atom is 0.119 e. The van der Waals surface area contributed by atoms with Crippen LogP contribution in [0, 0.1) is 11.8 Å². The molecule has 0 saturated heterocycles. The van der Waals surface area contributed by atoms with Crippen LogP contribution in [0.1, 0.15) is 90.5 Å². The van der Waals surface area contributed by atoms with Crippen molar-refractivity contribution in [3.63, 3.8) is 0 Å². The molecule has 0 aromatic heterocycles. The van der Waals surface area contributed by atoms with Crippen LogP contribution >= 0.6 is 0 Å². The predicted molar refractivity (Wildman–Crippen MR) is 104 cm³/mol. The van der Waals surface area contributed by atoms with Crippen LogP contribution in [0.4, 0.5) is 0 Å². The lowest BCUT2D eigenvalue weighted by Gasteiger charge is -2.18. The fraction of sp³-hybridized carbons (Fsp3) is 0.727. The summed E-state index contributed by atoms with van der Waals surface area (Å²) in [5.41, 5.74) is 1.03. The molecule has 2 heteroatoms.